The molecule has 9 heteroatoms. The number of ketones is 1. The normalized spacial score (nSPS) is 11.2. The zero-order valence-electron chi connectivity index (χ0n) is 18.6. The van der Waals surface area contributed by atoms with Crippen molar-refractivity contribution in [2.75, 3.05) is 0 Å². The van der Waals surface area contributed by atoms with Crippen molar-refractivity contribution in [2.24, 2.45) is 0 Å². The molecule has 0 saturated heterocycles. The fourth-order valence-electron chi connectivity index (χ4n) is 2.99. The molecule has 0 bridgehead atoms. The van der Waals surface area contributed by atoms with Gasteiger partial charge in [0.2, 0.25) is 0 Å². The highest BCUT2D eigenvalue weighted by Crippen LogP contribution is 2.30. The number of rotatable bonds is 5. The van der Waals surface area contributed by atoms with Crippen molar-refractivity contribution in [3.63, 3.8) is 0 Å². The molecule has 0 aliphatic carbocycles. The molecule has 0 atom stereocenters. The summed E-state index contributed by atoms with van der Waals surface area (Å²) >= 11 is 15.0. The minimum Gasteiger partial charge on any atom is -0.460 e. The Bertz CT molecular complexity index is 1370. The van der Waals surface area contributed by atoms with Crippen LogP contribution in [-0.4, -0.2) is 22.6 Å². The Balaban J connectivity index is 0.000000212. The van der Waals surface area contributed by atoms with E-state index >= 15 is 0 Å². The van der Waals surface area contributed by atoms with Crippen molar-refractivity contribution in [3.8, 4) is 0 Å². The van der Waals surface area contributed by atoms with Gasteiger partial charge in [0.1, 0.15) is 5.60 Å². The topological polar surface area (TPSA) is 60.4 Å². The zero-order valence-corrected chi connectivity index (χ0v) is 24.2. The average molecular weight is 645 g/mol. The van der Waals surface area contributed by atoms with Gasteiger partial charge in [-0.25, -0.2) is 0 Å². The molecule has 0 spiro atoms. The number of thiophene rings is 2. The Morgan fingerprint density at radius 3 is 1.82 bits per heavy atom. The van der Waals surface area contributed by atoms with Gasteiger partial charge in [0.25, 0.3) is 5.24 Å². The minimum atomic E-state index is -0.510. The second-order valence-corrected chi connectivity index (χ2v) is 12.7. The first kappa shape index (κ1) is 27.0. The van der Waals surface area contributed by atoms with Crippen LogP contribution in [0.25, 0.3) is 20.2 Å². The summed E-state index contributed by atoms with van der Waals surface area (Å²) in [5, 5.41) is 1.69. The lowest BCUT2D eigenvalue weighted by molar-refractivity contribution is -0.154. The molecule has 2 aromatic carbocycles. The van der Waals surface area contributed by atoms with Gasteiger partial charge < -0.3 is 4.74 Å². The van der Waals surface area contributed by atoms with Crippen molar-refractivity contribution in [1.29, 1.82) is 0 Å². The molecule has 2 heterocycles. The molecule has 2 aromatic heterocycles. The maximum Gasteiger partial charge on any atom is 0.306 e. The molecule has 4 rings (SSSR count). The first-order valence-electron chi connectivity index (χ1n) is 10.2. The first-order valence-corrected chi connectivity index (χ1v) is 13.8. The summed E-state index contributed by atoms with van der Waals surface area (Å²) in [6.07, 6.45) is 0.303. The van der Waals surface area contributed by atoms with Crippen LogP contribution < -0.4 is 0 Å². The third-order valence-corrected chi connectivity index (χ3v) is 7.98. The van der Waals surface area contributed by atoms with E-state index in [9.17, 15) is 14.4 Å². The second kappa shape index (κ2) is 11.4. The summed E-state index contributed by atoms with van der Waals surface area (Å²) in [4.78, 5) is 35.9. The van der Waals surface area contributed by atoms with E-state index in [0.717, 1.165) is 29.1 Å². The van der Waals surface area contributed by atoms with Crippen LogP contribution in [0.15, 0.2) is 57.5 Å². The molecule has 178 valence electrons. The van der Waals surface area contributed by atoms with E-state index in [1.807, 2.05) is 63.2 Å². The number of hydrogen-bond acceptors (Lipinski definition) is 6. The minimum absolute atomic E-state index is 0.0156. The van der Waals surface area contributed by atoms with Crippen LogP contribution in [0.4, 0.5) is 0 Å². The lowest BCUT2D eigenvalue weighted by Gasteiger charge is -2.19. The van der Waals surface area contributed by atoms with Gasteiger partial charge >= 0.3 is 5.97 Å². The molecule has 0 unspecified atom stereocenters. The number of hydrogen-bond donors (Lipinski definition) is 0. The van der Waals surface area contributed by atoms with Crippen LogP contribution >= 0.6 is 66.1 Å². The highest BCUT2D eigenvalue weighted by atomic mass is 79.9. The standard InChI is InChI=1S/C16H17BrO3S.C9H4BrClOS/c1-16(2,3)20-15(19)7-5-12(18)14-9-10-8-11(17)4-6-13(10)21-14;10-6-1-2-7-5(3-6)4-8(13-7)9(11)12/h4,6,8-9H,5,7H2,1-3H3;1-4H. The van der Waals surface area contributed by atoms with E-state index in [4.69, 9.17) is 16.3 Å². The second-order valence-electron chi connectivity index (χ2n) is 8.37. The number of halogens is 3. The lowest BCUT2D eigenvalue weighted by atomic mass is 10.1. The van der Waals surface area contributed by atoms with Gasteiger partial charge in [-0.3, -0.25) is 14.4 Å². The zero-order chi connectivity index (χ0) is 25.0. The van der Waals surface area contributed by atoms with Crippen molar-refractivity contribution in [1.82, 2.24) is 0 Å². The Morgan fingerprint density at radius 2 is 1.32 bits per heavy atom. The van der Waals surface area contributed by atoms with Crippen molar-refractivity contribution >= 4 is 103 Å². The van der Waals surface area contributed by atoms with E-state index in [2.05, 4.69) is 31.9 Å². The van der Waals surface area contributed by atoms with Gasteiger partial charge in [0.05, 0.1) is 16.2 Å². The number of fused-ring (bicyclic) bond motifs is 2. The van der Waals surface area contributed by atoms with Crippen LogP contribution in [0.3, 0.4) is 0 Å². The fourth-order valence-corrected chi connectivity index (χ4v) is 5.81. The number of Topliss-reactive ketones (excluding diaryl/α,β-unsaturated/α-hetero) is 1. The number of carbonyl (C=O) groups excluding carboxylic acids is 3. The van der Waals surface area contributed by atoms with E-state index < -0.39 is 10.8 Å². The maximum absolute atomic E-state index is 12.2. The lowest BCUT2D eigenvalue weighted by Crippen LogP contribution is -2.24. The molecule has 4 nitrogen and oxygen atoms in total. The summed E-state index contributed by atoms with van der Waals surface area (Å²) in [6.45, 7) is 5.45. The molecule has 0 N–H and O–H groups in total. The van der Waals surface area contributed by atoms with Crippen LogP contribution in [0.5, 0.6) is 0 Å². The predicted octanol–water partition coefficient (Wildman–Crippen LogP) is 9.01. The van der Waals surface area contributed by atoms with Crippen molar-refractivity contribution < 1.29 is 19.1 Å². The maximum atomic E-state index is 12.2. The third kappa shape index (κ3) is 7.71. The highest BCUT2D eigenvalue weighted by Gasteiger charge is 2.18. The Kier molecular flexibility index (Phi) is 9.09. The first-order chi connectivity index (χ1) is 15.9. The molecule has 0 fully saturated rings. The molecule has 0 radical (unpaired) electrons. The summed E-state index contributed by atoms with van der Waals surface area (Å²) in [5.74, 6) is -0.349. The molecule has 4 aromatic rings. The van der Waals surface area contributed by atoms with Gasteiger partial charge in [-0.2, -0.15) is 0 Å². The largest absolute Gasteiger partial charge is 0.460 e. The van der Waals surface area contributed by atoms with Gasteiger partial charge in [-0.15, -0.1) is 22.7 Å². The van der Waals surface area contributed by atoms with E-state index in [1.54, 1.807) is 6.07 Å². The van der Waals surface area contributed by atoms with Gasteiger partial charge in [-0.05, 0) is 91.7 Å². The molecule has 0 aliphatic rings. The number of ether oxygens (including phenoxy) is 1. The van der Waals surface area contributed by atoms with Gasteiger partial charge in [-0.1, -0.05) is 31.9 Å². The van der Waals surface area contributed by atoms with Crippen LogP contribution in [0, 0.1) is 0 Å². The molecular formula is C25H21Br2ClO4S2. The molecule has 34 heavy (non-hydrogen) atoms. The average Bonchev–Trinajstić information content (AvgIpc) is 3.34. The Morgan fingerprint density at radius 1 is 0.824 bits per heavy atom. The van der Waals surface area contributed by atoms with Gasteiger partial charge in [0.15, 0.2) is 5.78 Å². The van der Waals surface area contributed by atoms with E-state index in [1.165, 1.54) is 22.7 Å². The predicted molar refractivity (Wildman–Crippen MR) is 149 cm³/mol. The van der Waals surface area contributed by atoms with Crippen molar-refractivity contribution in [3.05, 3.63) is 67.2 Å². The summed E-state index contributed by atoms with van der Waals surface area (Å²) in [6, 6.07) is 15.5. The summed E-state index contributed by atoms with van der Waals surface area (Å²) in [7, 11) is 0. The quantitative estimate of drug-likeness (QED) is 0.124. The van der Waals surface area contributed by atoms with Crippen LogP contribution in [-0.2, 0) is 9.53 Å². The van der Waals surface area contributed by atoms with E-state index in [-0.39, 0.29) is 24.6 Å². The Labute approximate surface area is 227 Å². The van der Waals surface area contributed by atoms with Gasteiger partial charge in [0, 0.05) is 24.8 Å². The van der Waals surface area contributed by atoms with Crippen LogP contribution in [0.2, 0.25) is 0 Å². The third-order valence-electron chi connectivity index (χ3n) is 4.40. The summed E-state index contributed by atoms with van der Waals surface area (Å²) in [5.41, 5.74) is -0.510. The smallest absolute Gasteiger partial charge is 0.306 e. The summed E-state index contributed by atoms with van der Waals surface area (Å²) < 4.78 is 9.34. The molecule has 0 aliphatic heterocycles. The Hall–Kier alpha value is -1.58. The van der Waals surface area contributed by atoms with Crippen molar-refractivity contribution in [2.45, 2.75) is 39.2 Å². The fraction of sp³-hybridized carbons (Fsp3) is 0.240. The van der Waals surface area contributed by atoms with Crippen LogP contribution in [0.1, 0.15) is 53.0 Å². The molecule has 0 saturated carbocycles. The molecular weight excluding hydrogens is 624 g/mol. The van der Waals surface area contributed by atoms with E-state index in [0.29, 0.717) is 9.75 Å². The molecule has 0 amide bonds. The number of esters is 1. The monoisotopic (exact) mass is 642 g/mol. The number of benzene rings is 2. The SMILES string of the molecule is CC(C)(C)OC(=O)CCC(=O)c1cc2cc(Br)ccc2s1.O=C(Cl)c1cc2cc(Br)ccc2s1. The number of carbonyl (C=O) groups is 3. The highest BCUT2D eigenvalue weighted by molar-refractivity contribution is 9.10.